The van der Waals surface area contributed by atoms with Gasteiger partial charge >= 0.3 is 0 Å². The summed E-state index contributed by atoms with van der Waals surface area (Å²) in [6, 6.07) is 7.50. The highest BCUT2D eigenvalue weighted by atomic mass is 16.6. The molecule has 0 saturated carbocycles. The molecule has 3 unspecified atom stereocenters. The van der Waals surface area contributed by atoms with Crippen LogP contribution in [0.5, 0.6) is 11.5 Å². The first-order chi connectivity index (χ1) is 9.63. The summed E-state index contributed by atoms with van der Waals surface area (Å²) in [7, 11) is 0. The first-order valence-electron chi connectivity index (χ1n) is 7.30. The third-order valence-electron chi connectivity index (χ3n) is 3.96. The maximum absolute atomic E-state index is 12.6. The molecule has 0 aromatic heterocycles. The first kappa shape index (κ1) is 13.3. The van der Waals surface area contributed by atoms with E-state index in [-0.39, 0.29) is 5.91 Å². The van der Waals surface area contributed by atoms with Crippen LogP contribution in [0.2, 0.25) is 0 Å². The van der Waals surface area contributed by atoms with E-state index in [0.717, 1.165) is 18.8 Å². The minimum Gasteiger partial charge on any atom is -0.485 e. The number of hydrogen-bond acceptors (Lipinski definition) is 3. The van der Waals surface area contributed by atoms with Crippen molar-refractivity contribution in [1.82, 2.24) is 4.90 Å². The van der Waals surface area contributed by atoms with E-state index in [2.05, 4.69) is 13.8 Å². The number of fused-ring (bicyclic) bond motifs is 1. The molecule has 20 heavy (non-hydrogen) atoms. The van der Waals surface area contributed by atoms with Gasteiger partial charge in [-0.25, -0.2) is 0 Å². The zero-order valence-electron chi connectivity index (χ0n) is 12.0. The number of benzene rings is 1. The molecule has 0 N–H and O–H groups in total. The second kappa shape index (κ2) is 5.35. The topological polar surface area (TPSA) is 38.8 Å². The molecule has 2 aliphatic heterocycles. The van der Waals surface area contributed by atoms with Crippen LogP contribution in [-0.2, 0) is 4.79 Å². The van der Waals surface area contributed by atoms with Gasteiger partial charge in [-0.15, -0.1) is 0 Å². The average molecular weight is 275 g/mol. The second-order valence-electron chi connectivity index (χ2n) is 6.05. The van der Waals surface area contributed by atoms with Crippen molar-refractivity contribution in [3.05, 3.63) is 24.3 Å². The zero-order chi connectivity index (χ0) is 14.1. The lowest BCUT2D eigenvalue weighted by Crippen LogP contribution is -2.51. The number of para-hydroxylation sites is 2. The van der Waals surface area contributed by atoms with Crippen LogP contribution in [0, 0.1) is 11.8 Å². The molecular formula is C16H21NO3. The largest absolute Gasteiger partial charge is 0.485 e. The molecule has 0 bridgehead atoms. The summed E-state index contributed by atoms with van der Waals surface area (Å²) in [6.07, 6.45) is 0.677. The number of amides is 1. The second-order valence-corrected chi connectivity index (χ2v) is 6.05. The summed E-state index contributed by atoms with van der Waals surface area (Å²) >= 11 is 0. The Kier molecular flexibility index (Phi) is 3.55. The predicted octanol–water partition coefficient (Wildman–Crippen LogP) is 2.33. The maximum Gasteiger partial charge on any atom is 0.267 e. The van der Waals surface area contributed by atoms with Crippen molar-refractivity contribution < 1.29 is 14.3 Å². The Bertz CT molecular complexity index is 492. The number of piperidine rings is 1. The normalized spacial score (nSPS) is 29.1. The number of carbonyl (C=O) groups is 1. The Morgan fingerprint density at radius 3 is 2.50 bits per heavy atom. The molecule has 1 aromatic rings. The fourth-order valence-corrected chi connectivity index (χ4v) is 3.19. The molecule has 4 nitrogen and oxygen atoms in total. The van der Waals surface area contributed by atoms with E-state index >= 15 is 0 Å². The zero-order valence-corrected chi connectivity index (χ0v) is 12.0. The highest BCUT2D eigenvalue weighted by molar-refractivity contribution is 5.82. The van der Waals surface area contributed by atoms with E-state index in [1.54, 1.807) is 0 Å². The Labute approximate surface area is 119 Å². The van der Waals surface area contributed by atoms with E-state index in [9.17, 15) is 4.79 Å². The van der Waals surface area contributed by atoms with E-state index in [1.807, 2.05) is 29.2 Å². The maximum atomic E-state index is 12.6. The highest BCUT2D eigenvalue weighted by Crippen LogP contribution is 2.32. The summed E-state index contributed by atoms with van der Waals surface area (Å²) in [5.74, 6) is 2.55. The minimum atomic E-state index is -0.512. The lowest BCUT2D eigenvalue weighted by molar-refractivity contribution is -0.143. The molecule has 0 spiro atoms. The van der Waals surface area contributed by atoms with E-state index in [0.29, 0.717) is 24.2 Å². The van der Waals surface area contributed by atoms with Crippen molar-refractivity contribution in [2.24, 2.45) is 11.8 Å². The van der Waals surface area contributed by atoms with Gasteiger partial charge in [-0.2, -0.15) is 0 Å². The third kappa shape index (κ3) is 2.60. The van der Waals surface area contributed by atoms with Crippen molar-refractivity contribution >= 4 is 5.91 Å². The summed E-state index contributed by atoms with van der Waals surface area (Å²) in [6.45, 7) is 6.34. The van der Waals surface area contributed by atoms with Crippen molar-refractivity contribution in [3.63, 3.8) is 0 Å². The first-order valence-corrected chi connectivity index (χ1v) is 7.30. The molecule has 0 aliphatic carbocycles. The molecule has 1 fully saturated rings. The number of carbonyl (C=O) groups excluding carboxylic acids is 1. The quantitative estimate of drug-likeness (QED) is 0.789. The van der Waals surface area contributed by atoms with Gasteiger partial charge in [0.15, 0.2) is 11.5 Å². The van der Waals surface area contributed by atoms with Gasteiger partial charge in [0.25, 0.3) is 5.91 Å². The van der Waals surface area contributed by atoms with Crippen LogP contribution in [0.15, 0.2) is 24.3 Å². The fraction of sp³-hybridized carbons (Fsp3) is 0.562. The van der Waals surface area contributed by atoms with Crippen LogP contribution in [0.3, 0.4) is 0 Å². The molecule has 108 valence electrons. The van der Waals surface area contributed by atoms with Crippen molar-refractivity contribution in [2.45, 2.75) is 26.4 Å². The van der Waals surface area contributed by atoms with Crippen molar-refractivity contribution in [1.29, 1.82) is 0 Å². The van der Waals surface area contributed by atoms with Crippen LogP contribution in [-0.4, -0.2) is 36.6 Å². The molecule has 3 rings (SSSR count). The predicted molar refractivity (Wildman–Crippen MR) is 75.9 cm³/mol. The Morgan fingerprint density at radius 2 is 1.80 bits per heavy atom. The number of hydrogen-bond donors (Lipinski definition) is 0. The lowest BCUT2D eigenvalue weighted by Gasteiger charge is -2.37. The van der Waals surface area contributed by atoms with Gasteiger partial charge < -0.3 is 14.4 Å². The van der Waals surface area contributed by atoms with E-state index < -0.39 is 6.10 Å². The van der Waals surface area contributed by atoms with Crippen LogP contribution in [0.4, 0.5) is 0 Å². The summed E-state index contributed by atoms with van der Waals surface area (Å²) in [5, 5.41) is 0. The van der Waals surface area contributed by atoms with Gasteiger partial charge in [0, 0.05) is 13.1 Å². The summed E-state index contributed by atoms with van der Waals surface area (Å²) in [5.41, 5.74) is 0. The standard InChI is InChI=1S/C16H21NO3/c1-11-7-12(2)9-17(8-11)16(18)15-10-19-13-5-3-4-6-14(13)20-15/h3-6,11-12,15H,7-10H2,1-2H3. The van der Waals surface area contributed by atoms with Gasteiger partial charge in [0.1, 0.15) is 6.61 Å². The summed E-state index contributed by atoms with van der Waals surface area (Å²) in [4.78, 5) is 14.5. The van der Waals surface area contributed by atoms with Gasteiger partial charge in [0.05, 0.1) is 0 Å². The van der Waals surface area contributed by atoms with Crippen LogP contribution in [0.25, 0.3) is 0 Å². The Hall–Kier alpha value is -1.71. The average Bonchev–Trinajstić information content (AvgIpc) is 2.45. The molecule has 2 heterocycles. The molecule has 1 saturated heterocycles. The smallest absolute Gasteiger partial charge is 0.267 e. The monoisotopic (exact) mass is 275 g/mol. The van der Waals surface area contributed by atoms with Gasteiger partial charge in [-0.3, -0.25) is 4.79 Å². The third-order valence-corrected chi connectivity index (χ3v) is 3.96. The highest BCUT2D eigenvalue weighted by Gasteiger charge is 2.34. The van der Waals surface area contributed by atoms with Crippen molar-refractivity contribution in [3.8, 4) is 11.5 Å². The van der Waals surface area contributed by atoms with Crippen LogP contribution in [0.1, 0.15) is 20.3 Å². The molecule has 1 amide bonds. The van der Waals surface area contributed by atoms with E-state index in [4.69, 9.17) is 9.47 Å². The summed E-state index contributed by atoms with van der Waals surface area (Å²) < 4.78 is 11.4. The van der Waals surface area contributed by atoms with E-state index in [1.165, 1.54) is 6.42 Å². The molecule has 1 aromatic carbocycles. The number of nitrogens with zero attached hydrogens (tertiary/aromatic N) is 1. The Morgan fingerprint density at radius 1 is 1.15 bits per heavy atom. The van der Waals surface area contributed by atoms with Crippen molar-refractivity contribution in [2.75, 3.05) is 19.7 Å². The molecule has 3 atom stereocenters. The van der Waals surface area contributed by atoms with Gasteiger partial charge in [-0.05, 0) is 30.4 Å². The van der Waals surface area contributed by atoms with Gasteiger partial charge in [-0.1, -0.05) is 26.0 Å². The molecular weight excluding hydrogens is 254 g/mol. The lowest BCUT2D eigenvalue weighted by atomic mass is 9.91. The van der Waals surface area contributed by atoms with Crippen LogP contribution < -0.4 is 9.47 Å². The number of rotatable bonds is 1. The Balaban J connectivity index is 1.69. The molecule has 4 heteroatoms. The minimum absolute atomic E-state index is 0.0536. The number of ether oxygens (including phenoxy) is 2. The van der Waals surface area contributed by atoms with Gasteiger partial charge in [0.2, 0.25) is 6.10 Å². The SMILES string of the molecule is CC1CC(C)CN(C(=O)C2COc3ccccc3O2)C1. The van der Waals surface area contributed by atoms with Crippen LogP contribution >= 0.6 is 0 Å². The number of likely N-dealkylation sites (tertiary alicyclic amines) is 1. The molecule has 0 radical (unpaired) electrons. The molecule has 2 aliphatic rings. The fourth-order valence-electron chi connectivity index (χ4n) is 3.19.